The first-order valence-corrected chi connectivity index (χ1v) is 12.1. The molecule has 3 aliphatic carbocycles. The van der Waals surface area contributed by atoms with Crippen molar-refractivity contribution < 1.29 is 18.7 Å². The molecule has 0 unspecified atom stereocenters. The number of benzene rings is 2. The first-order chi connectivity index (χ1) is 16.8. The van der Waals surface area contributed by atoms with Gasteiger partial charge in [0.2, 0.25) is 0 Å². The van der Waals surface area contributed by atoms with Gasteiger partial charge in [0.1, 0.15) is 17.5 Å². The lowest BCUT2D eigenvalue weighted by Gasteiger charge is -2.47. The smallest absolute Gasteiger partial charge is 0.308 e. The van der Waals surface area contributed by atoms with Crippen molar-refractivity contribution in [1.82, 2.24) is 15.0 Å². The molecule has 0 aliphatic heterocycles. The Morgan fingerprint density at radius 3 is 2.54 bits per heavy atom. The molecule has 4 aromatic rings. The number of aromatic amines is 1. The number of halogens is 2. The average Bonchev–Trinajstić information content (AvgIpc) is 3.26. The maximum atomic E-state index is 14.4. The summed E-state index contributed by atoms with van der Waals surface area (Å²) >= 11 is 0. The molecule has 3 aliphatic rings. The molecule has 0 spiro atoms. The number of rotatable bonds is 4. The molecule has 2 heterocycles. The molecule has 0 amide bonds. The van der Waals surface area contributed by atoms with E-state index in [0.717, 1.165) is 53.8 Å². The topological polar surface area (TPSA) is 90.9 Å². The fraction of sp³-hybridized carbons (Fsp3) is 0.370. The van der Waals surface area contributed by atoms with E-state index in [2.05, 4.69) is 10.3 Å². The Balaban J connectivity index is 1.54. The van der Waals surface area contributed by atoms with Crippen molar-refractivity contribution in [2.24, 2.45) is 17.8 Å². The molecule has 2 atom stereocenters. The van der Waals surface area contributed by atoms with Gasteiger partial charge in [-0.05, 0) is 74.6 Å². The van der Waals surface area contributed by atoms with E-state index >= 15 is 0 Å². The lowest BCUT2D eigenvalue weighted by atomic mass is 9.61. The second-order valence-corrected chi connectivity index (χ2v) is 10.0. The number of aryl methyl sites for hydroxylation is 2. The summed E-state index contributed by atoms with van der Waals surface area (Å²) in [5.74, 6) is -1.29. The van der Waals surface area contributed by atoms with Gasteiger partial charge in [0.15, 0.2) is 5.82 Å². The van der Waals surface area contributed by atoms with Crippen LogP contribution in [0.4, 0.5) is 14.6 Å². The average molecular weight is 477 g/mol. The van der Waals surface area contributed by atoms with Gasteiger partial charge in [0, 0.05) is 34.6 Å². The van der Waals surface area contributed by atoms with Crippen LogP contribution in [0.25, 0.3) is 33.2 Å². The lowest BCUT2D eigenvalue weighted by molar-refractivity contribution is -0.148. The molecule has 3 N–H and O–H groups in total. The molecule has 35 heavy (non-hydrogen) atoms. The van der Waals surface area contributed by atoms with Gasteiger partial charge in [-0.25, -0.2) is 18.7 Å². The summed E-state index contributed by atoms with van der Waals surface area (Å²) in [6.07, 6.45) is 5.48. The standard InChI is InChI=1S/C27H26F2N4O2/c1-12-3-8-17-22(13(12)2)31-26(19-11-30-24-18(19)9-16(28)10-20(24)29)33-25(17)32-23-15-6-4-14(5-7-15)21(23)27(34)35/h3,8-11,14-15,21,23,30H,4-7H2,1-2H3,(H,34,35)(H,31,32,33)/t14?,15?,21-,23-/m0/s1. The van der Waals surface area contributed by atoms with Crippen molar-refractivity contribution >= 4 is 33.6 Å². The number of carbonyl (C=O) groups is 1. The van der Waals surface area contributed by atoms with E-state index in [1.807, 2.05) is 26.0 Å². The minimum absolute atomic E-state index is 0.158. The third-order valence-electron chi connectivity index (χ3n) is 8.15. The highest BCUT2D eigenvalue weighted by atomic mass is 19.1. The van der Waals surface area contributed by atoms with Gasteiger partial charge in [0.05, 0.1) is 17.0 Å². The normalized spacial score (nSPS) is 23.8. The van der Waals surface area contributed by atoms with Crippen LogP contribution in [0, 0.1) is 43.2 Å². The summed E-state index contributed by atoms with van der Waals surface area (Å²) in [4.78, 5) is 24.7. The molecule has 3 fully saturated rings. The number of hydrogen-bond donors (Lipinski definition) is 3. The number of aromatic nitrogens is 3. The molecular weight excluding hydrogens is 450 g/mol. The Morgan fingerprint density at radius 2 is 1.80 bits per heavy atom. The molecule has 180 valence electrons. The van der Waals surface area contributed by atoms with Crippen molar-refractivity contribution in [2.45, 2.75) is 45.6 Å². The van der Waals surface area contributed by atoms with Crippen molar-refractivity contribution in [3.63, 3.8) is 0 Å². The number of anilines is 1. The number of hydrogen-bond acceptors (Lipinski definition) is 4. The van der Waals surface area contributed by atoms with Crippen LogP contribution in [0.3, 0.4) is 0 Å². The van der Waals surface area contributed by atoms with Gasteiger partial charge >= 0.3 is 5.97 Å². The van der Waals surface area contributed by atoms with Crippen LogP contribution < -0.4 is 5.32 Å². The molecule has 0 radical (unpaired) electrons. The third-order valence-corrected chi connectivity index (χ3v) is 8.15. The zero-order valence-corrected chi connectivity index (χ0v) is 19.5. The lowest BCUT2D eigenvalue weighted by Crippen LogP contribution is -2.51. The van der Waals surface area contributed by atoms with Crippen LogP contribution >= 0.6 is 0 Å². The van der Waals surface area contributed by atoms with Crippen LogP contribution in [0.15, 0.2) is 30.5 Å². The maximum Gasteiger partial charge on any atom is 0.308 e. The number of H-pyrrole nitrogens is 1. The number of carboxylic acid groups (broad SMARTS) is 1. The predicted molar refractivity (Wildman–Crippen MR) is 130 cm³/mol. The quantitative estimate of drug-likeness (QED) is 0.337. The largest absolute Gasteiger partial charge is 0.481 e. The molecule has 7 rings (SSSR count). The Morgan fingerprint density at radius 1 is 1.06 bits per heavy atom. The van der Waals surface area contributed by atoms with Crippen LogP contribution in [-0.2, 0) is 4.79 Å². The zero-order chi connectivity index (χ0) is 24.4. The molecule has 2 aromatic carbocycles. The first-order valence-electron chi connectivity index (χ1n) is 12.1. The summed E-state index contributed by atoms with van der Waals surface area (Å²) in [6.45, 7) is 3.98. The van der Waals surface area contributed by atoms with Crippen molar-refractivity contribution in [3.05, 3.63) is 53.2 Å². The summed E-state index contributed by atoms with van der Waals surface area (Å²) in [5, 5.41) is 14.7. The highest BCUT2D eigenvalue weighted by Crippen LogP contribution is 2.47. The van der Waals surface area contributed by atoms with Gasteiger partial charge in [-0.3, -0.25) is 4.79 Å². The van der Waals surface area contributed by atoms with Crippen molar-refractivity contribution in [2.75, 3.05) is 5.32 Å². The minimum atomic E-state index is -0.773. The first kappa shape index (κ1) is 21.9. The van der Waals surface area contributed by atoms with E-state index in [1.54, 1.807) is 6.20 Å². The second kappa shape index (κ2) is 8.00. The van der Waals surface area contributed by atoms with Crippen LogP contribution in [0.2, 0.25) is 0 Å². The van der Waals surface area contributed by atoms with Crippen LogP contribution in [-0.4, -0.2) is 32.1 Å². The number of nitrogens with one attached hydrogen (secondary N) is 2. The Labute approximate surface area is 200 Å². The third kappa shape index (κ3) is 3.46. The SMILES string of the molecule is Cc1ccc2c(N[C@H]3C4CCC(CC4)[C@@H]3C(=O)O)nc(-c3c[nH]c4c(F)cc(F)cc34)nc2c1C. The van der Waals surface area contributed by atoms with E-state index in [9.17, 15) is 18.7 Å². The fourth-order valence-electron chi connectivity index (χ4n) is 6.17. The highest BCUT2D eigenvalue weighted by molar-refractivity contribution is 5.98. The molecule has 8 heteroatoms. The number of aliphatic carboxylic acids is 1. The van der Waals surface area contributed by atoms with Crippen LogP contribution in [0.1, 0.15) is 36.8 Å². The monoisotopic (exact) mass is 476 g/mol. The number of nitrogens with zero attached hydrogens (tertiary/aromatic N) is 2. The van der Waals surface area contributed by atoms with E-state index < -0.39 is 23.5 Å². The molecular formula is C27H26F2N4O2. The van der Waals surface area contributed by atoms with Crippen molar-refractivity contribution in [1.29, 1.82) is 0 Å². The summed E-state index contributed by atoms with van der Waals surface area (Å²) < 4.78 is 28.4. The van der Waals surface area contributed by atoms with E-state index in [-0.39, 0.29) is 23.4 Å². The molecule has 2 bridgehead atoms. The Hall–Kier alpha value is -3.55. The number of fused-ring (bicyclic) bond motifs is 5. The molecule has 0 saturated heterocycles. The Kier molecular flexibility index (Phi) is 5.02. The van der Waals surface area contributed by atoms with Gasteiger partial charge in [-0.15, -0.1) is 0 Å². The van der Waals surface area contributed by atoms with Gasteiger partial charge in [-0.1, -0.05) is 6.07 Å². The molecule has 6 nitrogen and oxygen atoms in total. The minimum Gasteiger partial charge on any atom is -0.481 e. The second-order valence-electron chi connectivity index (χ2n) is 10.0. The number of carboxylic acids is 1. The van der Waals surface area contributed by atoms with E-state index in [1.165, 1.54) is 6.07 Å². The molecule has 3 saturated carbocycles. The van der Waals surface area contributed by atoms with Crippen molar-refractivity contribution in [3.8, 4) is 11.4 Å². The van der Waals surface area contributed by atoms with E-state index in [0.29, 0.717) is 22.6 Å². The van der Waals surface area contributed by atoms with E-state index in [4.69, 9.17) is 9.97 Å². The van der Waals surface area contributed by atoms with Crippen LogP contribution in [0.5, 0.6) is 0 Å². The highest BCUT2D eigenvalue weighted by Gasteiger charge is 2.47. The van der Waals surface area contributed by atoms with Gasteiger partial charge < -0.3 is 15.4 Å². The maximum absolute atomic E-state index is 14.4. The summed E-state index contributed by atoms with van der Waals surface area (Å²) in [7, 11) is 0. The zero-order valence-electron chi connectivity index (χ0n) is 19.5. The summed E-state index contributed by atoms with van der Waals surface area (Å²) in [6, 6.07) is 5.84. The fourth-order valence-corrected chi connectivity index (χ4v) is 6.17. The Bertz CT molecular complexity index is 1490. The summed E-state index contributed by atoms with van der Waals surface area (Å²) in [5.41, 5.74) is 3.45. The molecule has 2 aromatic heterocycles. The van der Waals surface area contributed by atoms with Gasteiger partial charge in [0.25, 0.3) is 0 Å². The predicted octanol–water partition coefficient (Wildman–Crippen LogP) is 5.97. The van der Waals surface area contributed by atoms with Gasteiger partial charge in [-0.2, -0.15) is 0 Å².